The molecule has 1 aromatic heterocycles. The van der Waals surface area contributed by atoms with Gasteiger partial charge in [-0.15, -0.1) is 0 Å². The molecule has 2 heterocycles. The molecule has 1 atom stereocenters. The van der Waals surface area contributed by atoms with Crippen molar-refractivity contribution in [1.29, 1.82) is 0 Å². The number of amides is 2. The van der Waals surface area contributed by atoms with Gasteiger partial charge in [0.15, 0.2) is 0 Å². The second-order valence-electron chi connectivity index (χ2n) is 4.95. The van der Waals surface area contributed by atoms with Gasteiger partial charge in [0.1, 0.15) is 11.1 Å². The van der Waals surface area contributed by atoms with Crippen LogP contribution in [0.3, 0.4) is 0 Å². The Bertz CT molecular complexity index is 628. The third-order valence-electron chi connectivity index (χ3n) is 3.42. The van der Waals surface area contributed by atoms with Crippen molar-refractivity contribution in [3.05, 3.63) is 21.6 Å². The molecule has 21 heavy (non-hydrogen) atoms. The minimum Gasteiger partial charge on any atom is -0.371 e. The molecule has 0 radical (unpaired) electrons. The highest BCUT2D eigenvalue weighted by Crippen LogP contribution is 2.21. The van der Waals surface area contributed by atoms with Gasteiger partial charge >= 0.3 is 0 Å². The quantitative estimate of drug-likeness (QED) is 0.815. The van der Waals surface area contributed by atoms with Gasteiger partial charge in [-0.05, 0) is 6.42 Å². The molecular weight excluding hydrogens is 296 g/mol. The molecule has 0 aliphatic carbocycles. The highest BCUT2D eigenvalue weighted by Gasteiger charge is 2.36. The molecule has 2 amide bonds. The molecule has 1 unspecified atom stereocenters. The first-order valence-electron chi connectivity index (χ1n) is 6.78. The van der Waals surface area contributed by atoms with E-state index in [9.17, 15) is 14.4 Å². The first kappa shape index (κ1) is 15.5. The average molecular weight is 313 g/mol. The monoisotopic (exact) mass is 312 g/mol. The summed E-state index contributed by atoms with van der Waals surface area (Å²) in [5.74, 6) is -0.607. The van der Waals surface area contributed by atoms with Gasteiger partial charge in [0.05, 0.1) is 18.3 Å². The molecule has 8 heteroatoms. The summed E-state index contributed by atoms with van der Waals surface area (Å²) >= 11 is 6.03. The molecule has 0 bridgehead atoms. The molecule has 7 nitrogen and oxygen atoms in total. The second kappa shape index (κ2) is 6.26. The number of carbonyl (C=O) groups is 2. The molecule has 0 saturated carbocycles. The standard InChI is InChI=1S/C13H17ClN4O3/c1-3-4-5-18-13(21)11(14)9(7-15-18)16-8-6-10(19)17(2)12(8)20/h7-8,16H,3-6H2,1-2H3. The number of carbonyl (C=O) groups excluding carboxylic acids is 2. The van der Waals surface area contributed by atoms with E-state index in [0.717, 1.165) is 17.7 Å². The van der Waals surface area contributed by atoms with E-state index in [-0.39, 0.29) is 28.9 Å². The van der Waals surface area contributed by atoms with Crippen molar-refractivity contribution in [3.8, 4) is 0 Å². The lowest BCUT2D eigenvalue weighted by Gasteiger charge is -2.14. The number of hydrogen-bond donors (Lipinski definition) is 1. The fourth-order valence-electron chi connectivity index (χ4n) is 2.09. The molecule has 0 aromatic carbocycles. The molecule has 1 aliphatic rings. The van der Waals surface area contributed by atoms with Crippen molar-refractivity contribution < 1.29 is 9.59 Å². The number of unbranched alkanes of at least 4 members (excludes halogenated alkanes) is 1. The zero-order valence-electron chi connectivity index (χ0n) is 11.9. The van der Waals surface area contributed by atoms with E-state index in [1.807, 2.05) is 6.92 Å². The Kier molecular flexibility index (Phi) is 4.62. The lowest BCUT2D eigenvalue weighted by molar-refractivity contribution is -0.136. The van der Waals surface area contributed by atoms with E-state index in [1.165, 1.54) is 17.9 Å². The Morgan fingerprint density at radius 2 is 2.14 bits per heavy atom. The largest absolute Gasteiger partial charge is 0.371 e. The van der Waals surface area contributed by atoms with Crippen LogP contribution in [0.15, 0.2) is 11.0 Å². The van der Waals surface area contributed by atoms with Gasteiger partial charge in [-0.3, -0.25) is 19.3 Å². The highest BCUT2D eigenvalue weighted by molar-refractivity contribution is 6.33. The van der Waals surface area contributed by atoms with Gasteiger partial charge in [0.25, 0.3) is 11.5 Å². The summed E-state index contributed by atoms with van der Waals surface area (Å²) in [6.07, 6.45) is 3.23. The number of aromatic nitrogens is 2. The van der Waals surface area contributed by atoms with E-state index in [4.69, 9.17) is 11.6 Å². The summed E-state index contributed by atoms with van der Waals surface area (Å²) in [6.45, 7) is 2.51. The zero-order chi connectivity index (χ0) is 15.6. The fourth-order valence-corrected chi connectivity index (χ4v) is 2.29. The van der Waals surface area contributed by atoms with Crippen molar-refractivity contribution >= 4 is 29.1 Å². The summed E-state index contributed by atoms with van der Waals surface area (Å²) in [5.41, 5.74) is -0.129. The predicted octanol–water partition coefficient (Wildman–Crippen LogP) is 0.866. The molecule has 1 aromatic rings. The van der Waals surface area contributed by atoms with Crippen molar-refractivity contribution in [3.63, 3.8) is 0 Å². The van der Waals surface area contributed by atoms with Gasteiger partial charge < -0.3 is 5.32 Å². The summed E-state index contributed by atoms with van der Waals surface area (Å²) in [4.78, 5) is 36.4. The molecule has 1 fully saturated rings. The molecule has 114 valence electrons. The van der Waals surface area contributed by atoms with Gasteiger partial charge in [-0.1, -0.05) is 24.9 Å². The SMILES string of the molecule is CCCCn1ncc(NC2CC(=O)N(C)C2=O)c(Cl)c1=O. The highest BCUT2D eigenvalue weighted by atomic mass is 35.5. The first-order valence-corrected chi connectivity index (χ1v) is 7.16. The van der Waals surface area contributed by atoms with Crippen molar-refractivity contribution in [2.24, 2.45) is 0 Å². The number of aryl methyl sites for hydroxylation is 1. The molecule has 1 aliphatic heterocycles. The van der Waals surface area contributed by atoms with Crippen LogP contribution in [0.4, 0.5) is 5.69 Å². The van der Waals surface area contributed by atoms with Crippen LogP contribution in [-0.4, -0.2) is 39.6 Å². The third kappa shape index (κ3) is 3.07. The number of imide groups is 1. The van der Waals surface area contributed by atoms with E-state index in [1.54, 1.807) is 0 Å². The van der Waals surface area contributed by atoms with E-state index in [2.05, 4.69) is 10.4 Å². The Hall–Kier alpha value is -1.89. The molecular formula is C13H17ClN4O3. The fraction of sp³-hybridized carbons (Fsp3) is 0.538. The summed E-state index contributed by atoms with van der Waals surface area (Å²) in [6, 6.07) is -0.701. The Morgan fingerprint density at radius 1 is 1.43 bits per heavy atom. The number of nitrogens with one attached hydrogen (secondary N) is 1. The zero-order valence-corrected chi connectivity index (χ0v) is 12.7. The summed E-state index contributed by atoms with van der Waals surface area (Å²) in [5, 5.41) is 6.84. The number of anilines is 1. The van der Waals surface area contributed by atoms with Crippen molar-refractivity contribution in [2.75, 3.05) is 12.4 Å². The van der Waals surface area contributed by atoms with Crippen LogP contribution < -0.4 is 10.9 Å². The maximum Gasteiger partial charge on any atom is 0.287 e. The Balaban J connectivity index is 2.19. The van der Waals surface area contributed by atoms with Crippen LogP contribution in [0.2, 0.25) is 5.02 Å². The normalized spacial score (nSPS) is 18.4. The smallest absolute Gasteiger partial charge is 0.287 e. The second-order valence-corrected chi connectivity index (χ2v) is 5.32. The van der Waals surface area contributed by atoms with Crippen molar-refractivity contribution in [2.45, 2.75) is 38.8 Å². The molecule has 0 spiro atoms. The molecule has 2 rings (SSSR count). The van der Waals surface area contributed by atoms with Crippen LogP contribution in [0.1, 0.15) is 26.2 Å². The minimum absolute atomic E-state index is 0.0177. The topological polar surface area (TPSA) is 84.3 Å². The number of nitrogens with zero attached hydrogens (tertiary/aromatic N) is 3. The number of hydrogen-bond acceptors (Lipinski definition) is 5. The van der Waals surface area contributed by atoms with Crippen LogP contribution in [0.25, 0.3) is 0 Å². The number of likely N-dealkylation sites (N-methyl/N-ethyl adjacent to an activating group) is 1. The van der Waals surface area contributed by atoms with E-state index < -0.39 is 11.6 Å². The third-order valence-corrected chi connectivity index (χ3v) is 3.78. The van der Waals surface area contributed by atoms with Gasteiger partial charge in [0.2, 0.25) is 5.91 Å². The first-order chi connectivity index (χ1) is 9.95. The lowest BCUT2D eigenvalue weighted by atomic mass is 10.2. The van der Waals surface area contributed by atoms with E-state index >= 15 is 0 Å². The Labute approximate surface area is 126 Å². The lowest BCUT2D eigenvalue weighted by Crippen LogP contribution is -2.33. The number of likely N-dealkylation sites (tertiary alicyclic amines) is 1. The number of halogens is 1. The summed E-state index contributed by atoms with van der Waals surface area (Å²) < 4.78 is 1.30. The Morgan fingerprint density at radius 3 is 2.71 bits per heavy atom. The molecule has 1 saturated heterocycles. The number of rotatable bonds is 5. The van der Waals surface area contributed by atoms with Gasteiger partial charge in [-0.25, -0.2) is 4.68 Å². The van der Waals surface area contributed by atoms with E-state index in [0.29, 0.717) is 6.54 Å². The van der Waals surface area contributed by atoms with Crippen molar-refractivity contribution in [1.82, 2.24) is 14.7 Å². The minimum atomic E-state index is -0.701. The summed E-state index contributed by atoms with van der Waals surface area (Å²) in [7, 11) is 1.43. The maximum atomic E-state index is 12.0. The van der Waals surface area contributed by atoms with Crippen LogP contribution in [0.5, 0.6) is 0 Å². The van der Waals surface area contributed by atoms with Crippen LogP contribution in [0, 0.1) is 0 Å². The van der Waals surface area contributed by atoms with Gasteiger partial charge in [0, 0.05) is 13.6 Å². The van der Waals surface area contributed by atoms with Crippen LogP contribution in [-0.2, 0) is 16.1 Å². The predicted molar refractivity (Wildman–Crippen MR) is 78.2 cm³/mol. The van der Waals surface area contributed by atoms with Gasteiger partial charge in [-0.2, -0.15) is 5.10 Å². The average Bonchev–Trinajstić information content (AvgIpc) is 2.70. The maximum absolute atomic E-state index is 12.0. The van der Waals surface area contributed by atoms with Crippen LogP contribution >= 0.6 is 11.6 Å². The molecule has 1 N–H and O–H groups in total.